The zero-order chi connectivity index (χ0) is 19.8. The Morgan fingerprint density at radius 1 is 1.30 bits per heavy atom. The molecule has 0 spiro atoms. The quantitative estimate of drug-likeness (QED) is 0.217. The van der Waals surface area contributed by atoms with Crippen LogP contribution >= 0.6 is 27.5 Å². The number of nitro benzene ring substituents is 1. The molecule has 0 radical (unpaired) electrons. The van der Waals surface area contributed by atoms with E-state index in [1.165, 1.54) is 18.3 Å². The first-order valence-corrected chi connectivity index (χ1v) is 8.91. The van der Waals surface area contributed by atoms with Gasteiger partial charge in [0, 0.05) is 29.0 Å². The molecule has 2 aromatic rings. The Labute approximate surface area is 168 Å². The van der Waals surface area contributed by atoms with Crippen LogP contribution < -0.4 is 10.6 Å². The second-order valence-electron chi connectivity index (χ2n) is 5.38. The third-order valence-corrected chi connectivity index (χ3v) is 4.33. The summed E-state index contributed by atoms with van der Waals surface area (Å²) in [6.07, 6.45) is 2.03. The fourth-order valence-electron chi connectivity index (χ4n) is 2.12. The van der Waals surface area contributed by atoms with Crippen LogP contribution in [0.5, 0.6) is 0 Å². The van der Waals surface area contributed by atoms with Crippen molar-refractivity contribution < 1.29 is 9.72 Å². The van der Waals surface area contributed by atoms with E-state index >= 15 is 0 Å². The smallest absolute Gasteiger partial charge is 0.289 e. The molecular weight excluding hydrogens is 436 g/mol. The van der Waals surface area contributed by atoms with Gasteiger partial charge in [0.1, 0.15) is 16.7 Å². The summed E-state index contributed by atoms with van der Waals surface area (Å²) in [6.45, 7) is 0.534. The number of nitrogens with zero attached hydrogens (tertiary/aromatic N) is 2. The summed E-state index contributed by atoms with van der Waals surface area (Å²) < 4.78 is 0.991. The normalized spacial score (nSPS) is 10.8. The Morgan fingerprint density at radius 3 is 2.63 bits per heavy atom. The fraction of sp³-hybridized carbons (Fsp3) is 0.111. The average molecular weight is 450 g/mol. The topological polar surface area (TPSA) is 108 Å². The lowest BCUT2D eigenvalue weighted by atomic mass is 10.1. The number of carbonyl (C=O) groups is 1. The summed E-state index contributed by atoms with van der Waals surface area (Å²) in [7, 11) is 0. The lowest BCUT2D eigenvalue weighted by molar-refractivity contribution is -0.384. The standard InChI is InChI=1S/C18H14BrClN4O3/c19-14-3-1-12(2-4-14)7-8-22-11-13(10-21)18(25)23-15-5-6-16(20)17(9-15)24(26)27/h1-6,9,11,22H,7-8H2,(H,23,25)/b13-11-. The summed E-state index contributed by atoms with van der Waals surface area (Å²) in [5, 5.41) is 25.4. The van der Waals surface area contributed by atoms with Gasteiger partial charge in [-0.1, -0.05) is 39.7 Å². The van der Waals surface area contributed by atoms with Crippen LogP contribution in [-0.4, -0.2) is 17.4 Å². The third-order valence-electron chi connectivity index (χ3n) is 3.48. The van der Waals surface area contributed by atoms with Crippen molar-refractivity contribution in [1.29, 1.82) is 5.26 Å². The Hall–Kier alpha value is -2.89. The van der Waals surface area contributed by atoms with Crippen LogP contribution in [0.3, 0.4) is 0 Å². The number of rotatable bonds is 7. The molecule has 0 saturated carbocycles. The van der Waals surface area contributed by atoms with Gasteiger partial charge in [0.05, 0.1) is 4.92 Å². The summed E-state index contributed by atoms with van der Waals surface area (Å²) in [6, 6.07) is 13.5. The highest BCUT2D eigenvalue weighted by Crippen LogP contribution is 2.27. The van der Waals surface area contributed by atoms with Gasteiger partial charge in [0.2, 0.25) is 0 Å². The summed E-state index contributed by atoms with van der Waals surface area (Å²) in [5.41, 5.74) is 0.802. The van der Waals surface area contributed by atoms with Crippen molar-refractivity contribution in [3.63, 3.8) is 0 Å². The summed E-state index contributed by atoms with van der Waals surface area (Å²) >= 11 is 9.10. The van der Waals surface area contributed by atoms with Gasteiger partial charge in [-0.15, -0.1) is 0 Å². The SMILES string of the molecule is N#C/C(=C/NCCc1ccc(Br)cc1)C(=O)Nc1ccc(Cl)c([N+](=O)[O-])c1. The molecule has 0 fully saturated rings. The Bertz CT molecular complexity index is 923. The molecule has 0 heterocycles. The van der Waals surface area contributed by atoms with Crippen molar-refractivity contribution in [2.45, 2.75) is 6.42 Å². The average Bonchev–Trinajstić information content (AvgIpc) is 2.64. The van der Waals surface area contributed by atoms with Gasteiger partial charge >= 0.3 is 0 Å². The van der Waals surface area contributed by atoms with Gasteiger partial charge in [-0.3, -0.25) is 14.9 Å². The van der Waals surface area contributed by atoms with E-state index in [-0.39, 0.29) is 22.0 Å². The number of nitro groups is 1. The predicted molar refractivity (Wildman–Crippen MR) is 106 cm³/mol. The highest BCUT2D eigenvalue weighted by molar-refractivity contribution is 9.10. The highest BCUT2D eigenvalue weighted by atomic mass is 79.9. The molecule has 0 unspecified atom stereocenters. The number of carbonyl (C=O) groups excluding carboxylic acids is 1. The minimum atomic E-state index is -0.676. The minimum absolute atomic E-state index is 0.0383. The van der Waals surface area contributed by atoms with Crippen LogP contribution in [0.2, 0.25) is 5.02 Å². The Morgan fingerprint density at radius 2 is 2.00 bits per heavy atom. The second kappa shape index (κ2) is 9.71. The van der Waals surface area contributed by atoms with Crippen LogP contribution in [-0.2, 0) is 11.2 Å². The van der Waals surface area contributed by atoms with Crippen LogP contribution in [0.25, 0.3) is 0 Å². The van der Waals surface area contributed by atoms with Gasteiger partial charge in [-0.2, -0.15) is 5.26 Å². The van der Waals surface area contributed by atoms with E-state index in [2.05, 4.69) is 26.6 Å². The molecule has 0 saturated heterocycles. The van der Waals surface area contributed by atoms with Gasteiger partial charge in [0.25, 0.3) is 11.6 Å². The summed E-state index contributed by atoms with van der Waals surface area (Å²) in [4.78, 5) is 22.4. The first kappa shape index (κ1) is 20.4. The molecule has 0 aliphatic rings. The van der Waals surface area contributed by atoms with Crippen molar-refractivity contribution >= 4 is 44.8 Å². The molecule has 0 aliphatic heterocycles. The molecule has 2 rings (SSSR count). The number of halogens is 2. The van der Waals surface area contributed by atoms with Crippen LogP contribution in [0.15, 0.2) is 58.7 Å². The Balaban J connectivity index is 1.96. The van der Waals surface area contributed by atoms with Gasteiger partial charge in [-0.25, -0.2) is 0 Å². The molecule has 9 heteroatoms. The van der Waals surface area contributed by atoms with Crippen molar-refractivity contribution in [1.82, 2.24) is 5.32 Å². The molecule has 2 N–H and O–H groups in total. The first-order valence-electron chi connectivity index (χ1n) is 7.74. The van der Waals surface area contributed by atoms with Crippen molar-refractivity contribution in [2.24, 2.45) is 0 Å². The van der Waals surface area contributed by atoms with E-state index in [0.717, 1.165) is 16.1 Å². The monoisotopic (exact) mass is 448 g/mol. The molecule has 138 valence electrons. The number of anilines is 1. The van der Waals surface area contributed by atoms with Gasteiger partial charge in [-0.05, 0) is 36.2 Å². The number of hydrogen-bond donors (Lipinski definition) is 2. The molecule has 27 heavy (non-hydrogen) atoms. The van der Waals surface area contributed by atoms with Gasteiger partial charge in [0.15, 0.2) is 0 Å². The largest absolute Gasteiger partial charge is 0.389 e. The number of nitriles is 1. The van der Waals surface area contributed by atoms with Crippen LogP contribution in [0.1, 0.15) is 5.56 Å². The first-order chi connectivity index (χ1) is 12.9. The molecule has 0 bridgehead atoms. The van der Waals surface area contributed by atoms with E-state index in [4.69, 9.17) is 16.9 Å². The van der Waals surface area contributed by atoms with E-state index in [0.29, 0.717) is 13.0 Å². The maximum atomic E-state index is 12.2. The molecule has 0 aromatic heterocycles. The van der Waals surface area contributed by atoms with Crippen LogP contribution in [0, 0.1) is 21.4 Å². The maximum absolute atomic E-state index is 12.2. The molecular formula is C18H14BrClN4O3. The lowest BCUT2D eigenvalue weighted by Crippen LogP contribution is -2.18. The number of hydrogen-bond acceptors (Lipinski definition) is 5. The molecule has 0 atom stereocenters. The van der Waals surface area contributed by atoms with E-state index in [9.17, 15) is 14.9 Å². The van der Waals surface area contributed by atoms with E-state index < -0.39 is 10.8 Å². The van der Waals surface area contributed by atoms with E-state index in [1.54, 1.807) is 6.07 Å². The third kappa shape index (κ3) is 6.09. The van der Waals surface area contributed by atoms with Crippen molar-refractivity contribution in [2.75, 3.05) is 11.9 Å². The molecule has 2 aromatic carbocycles. The predicted octanol–water partition coefficient (Wildman–Crippen LogP) is 4.19. The zero-order valence-corrected chi connectivity index (χ0v) is 16.3. The van der Waals surface area contributed by atoms with Crippen molar-refractivity contribution in [3.8, 4) is 6.07 Å². The number of benzene rings is 2. The molecule has 7 nitrogen and oxygen atoms in total. The summed E-state index contributed by atoms with van der Waals surface area (Å²) in [5.74, 6) is -0.676. The Kier molecular flexibility index (Phi) is 7.34. The fourth-order valence-corrected chi connectivity index (χ4v) is 2.57. The molecule has 1 amide bonds. The molecule has 0 aliphatic carbocycles. The second-order valence-corrected chi connectivity index (χ2v) is 6.70. The van der Waals surface area contributed by atoms with Gasteiger partial charge < -0.3 is 10.6 Å². The minimum Gasteiger partial charge on any atom is -0.389 e. The van der Waals surface area contributed by atoms with Crippen molar-refractivity contribution in [3.05, 3.63) is 79.4 Å². The van der Waals surface area contributed by atoms with E-state index in [1.807, 2.05) is 24.3 Å². The maximum Gasteiger partial charge on any atom is 0.289 e. The van der Waals surface area contributed by atoms with Crippen LogP contribution in [0.4, 0.5) is 11.4 Å². The number of amides is 1. The zero-order valence-electron chi connectivity index (χ0n) is 13.9. The number of nitrogens with one attached hydrogen (secondary N) is 2. The lowest BCUT2D eigenvalue weighted by Gasteiger charge is -2.06. The highest BCUT2D eigenvalue weighted by Gasteiger charge is 2.15.